The molecule has 0 aliphatic rings. The Hall–Kier alpha value is -0.700. The summed E-state index contributed by atoms with van der Waals surface area (Å²) in [5, 5.41) is 9.14. The highest BCUT2D eigenvalue weighted by Gasteiger charge is 2.03. The summed E-state index contributed by atoms with van der Waals surface area (Å²) < 4.78 is 5.87. The number of methoxy groups -OCH3 is 1. The van der Waals surface area contributed by atoms with Crippen LogP contribution in [0.15, 0.2) is 16.6 Å². The average Bonchev–Trinajstić information content (AvgIpc) is 1.96. The quantitative estimate of drug-likeness (QED) is 0.782. The summed E-state index contributed by atoms with van der Waals surface area (Å²) >= 11 is 3.30. The molecular formula is C8H9BrO2. The van der Waals surface area contributed by atoms with Crippen LogP contribution in [-0.2, 0) is 0 Å². The van der Waals surface area contributed by atoms with E-state index in [1.807, 2.05) is 6.92 Å². The largest absolute Gasteiger partial charge is 0.508 e. The highest BCUT2D eigenvalue weighted by molar-refractivity contribution is 9.10. The molecule has 0 aromatic heterocycles. The minimum absolute atomic E-state index is 0.208. The van der Waals surface area contributed by atoms with Gasteiger partial charge in [-0.1, -0.05) is 15.9 Å². The van der Waals surface area contributed by atoms with Crippen molar-refractivity contribution in [3.63, 3.8) is 0 Å². The highest BCUT2D eigenvalue weighted by Crippen LogP contribution is 2.30. The molecule has 0 aliphatic heterocycles. The molecule has 0 aliphatic carbocycles. The highest BCUT2D eigenvalue weighted by atomic mass is 79.9. The number of benzene rings is 1. The summed E-state index contributed by atoms with van der Waals surface area (Å²) in [4.78, 5) is 0. The fourth-order valence-corrected chi connectivity index (χ4v) is 1.28. The van der Waals surface area contributed by atoms with Crippen LogP contribution >= 0.6 is 15.9 Å². The molecule has 3 heteroatoms. The van der Waals surface area contributed by atoms with E-state index in [0.29, 0.717) is 5.75 Å². The molecule has 1 rings (SSSR count). The maximum Gasteiger partial charge on any atom is 0.126 e. The second kappa shape index (κ2) is 3.13. The molecule has 11 heavy (non-hydrogen) atoms. The Morgan fingerprint density at radius 2 is 2.09 bits per heavy atom. The number of phenolic OH excluding ortho intramolecular Hbond substituents is 1. The zero-order valence-electron chi connectivity index (χ0n) is 6.39. The third-order valence-corrected chi connectivity index (χ3v) is 2.33. The zero-order chi connectivity index (χ0) is 8.43. The van der Waals surface area contributed by atoms with E-state index in [1.54, 1.807) is 19.2 Å². The van der Waals surface area contributed by atoms with Crippen molar-refractivity contribution in [2.24, 2.45) is 0 Å². The number of phenols is 1. The van der Waals surface area contributed by atoms with E-state index in [0.717, 1.165) is 10.0 Å². The van der Waals surface area contributed by atoms with Crippen LogP contribution in [0.1, 0.15) is 5.56 Å². The molecule has 0 spiro atoms. The normalized spacial score (nSPS) is 9.73. The molecule has 0 unspecified atom stereocenters. The number of rotatable bonds is 1. The Morgan fingerprint density at radius 3 is 2.64 bits per heavy atom. The van der Waals surface area contributed by atoms with E-state index < -0.39 is 0 Å². The van der Waals surface area contributed by atoms with Gasteiger partial charge in [0, 0.05) is 16.1 Å². The first kappa shape index (κ1) is 8.40. The van der Waals surface area contributed by atoms with E-state index in [1.165, 1.54) is 0 Å². The lowest BCUT2D eigenvalue weighted by Crippen LogP contribution is -1.87. The van der Waals surface area contributed by atoms with Gasteiger partial charge in [-0.25, -0.2) is 0 Å². The fourth-order valence-electron chi connectivity index (χ4n) is 0.852. The van der Waals surface area contributed by atoms with Gasteiger partial charge < -0.3 is 9.84 Å². The van der Waals surface area contributed by atoms with Crippen LogP contribution in [0.3, 0.4) is 0 Å². The van der Waals surface area contributed by atoms with Crippen LogP contribution in [0.4, 0.5) is 0 Å². The minimum Gasteiger partial charge on any atom is -0.508 e. The van der Waals surface area contributed by atoms with Gasteiger partial charge in [0.25, 0.3) is 0 Å². The van der Waals surface area contributed by atoms with E-state index >= 15 is 0 Å². The Morgan fingerprint density at radius 1 is 1.45 bits per heavy atom. The molecule has 1 aromatic carbocycles. The first-order chi connectivity index (χ1) is 5.15. The summed E-state index contributed by atoms with van der Waals surface area (Å²) in [5.74, 6) is 0.899. The van der Waals surface area contributed by atoms with Crippen molar-refractivity contribution in [2.45, 2.75) is 6.92 Å². The molecule has 1 N–H and O–H groups in total. The predicted molar refractivity (Wildman–Crippen MR) is 47.1 cm³/mol. The second-order valence-corrected chi connectivity index (χ2v) is 3.11. The van der Waals surface area contributed by atoms with Gasteiger partial charge in [0.05, 0.1) is 7.11 Å². The number of hydrogen-bond acceptors (Lipinski definition) is 2. The second-order valence-electron chi connectivity index (χ2n) is 2.25. The number of hydrogen-bond donors (Lipinski definition) is 1. The first-order valence-corrected chi connectivity index (χ1v) is 3.97. The molecule has 1 aromatic rings. The maximum atomic E-state index is 9.14. The van der Waals surface area contributed by atoms with Gasteiger partial charge in [-0.05, 0) is 13.0 Å². The Bertz CT molecular complexity index is 271. The van der Waals surface area contributed by atoms with Crippen LogP contribution < -0.4 is 4.74 Å². The summed E-state index contributed by atoms with van der Waals surface area (Å²) in [5.41, 5.74) is 0.991. The number of aromatic hydroxyl groups is 1. The van der Waals surface area contributed by atoms with E-state index in [4.69, 9.17) is 9.84 Å². The van der Waals surface area contributed by atoms with Gasteiger partial charge >= 0.3 is 0 Å². The van der Waals surface area contributed by atoms with Crippen molar-refractivity contribution in [2.75, 3.05) is 7.11 Å². The van der Waals surface area contributed by atoms with E-state index in [-0.39, 0.29) is 5.75 Å². The Labute approximate surface area is 73.9 Å². The summed E-state index contributed by atoms with van der Waals surface area (Å²) in [6, 6.07) is 3.22. The Balaban J connectivity index is 3.24. The maximum absolute atomic E-state index is 9.14. The zero-order valence-corrected chi connectivity index (χ0v) is 7.97. The molecule has 0 saturated heterocycles. The topological polar surface area (TPSA) is 29.5 Å². The third kappa shape index (κ3) is 1.66. The molecule has 0 saturated carbocycles. The number of halogens is 1. The number of ether oxygens (including phenoxy) is 1. The third-order valence-electron chi connectivity index (χ3n) is 1.50. The van der Waals surface area contributed by atoms with Gasteiger partial charge in [-0.3, -0.25) is 0 Å². The Kier molecular flexibility index (Phi) is 2.39. The fraction of sp³-hybridized carbons (Fsp3) is 0.250. The summed E-state index contributed by atoms with van der Waals surface area (Å²) in [6.07, 6.45) is 0. The standard InChI is InChI=1S/C8H9BrO2/c1-5-7(9)3-6(10)4-8(5)11-2/h3-4,10H,1-2H3. The van der Waals surface area contributed by atoms with Crippen molar-refractivity contribution in [3.05, 3.63) is 22.2 Å². The molecule has 0 bridgehead atoms. The van der Waals surface area contributed by atoms with Crippen molar-refractivity contribution in [1.82, 2.24) is 0 Å². The monoisotopic (exact) mass is 216 g/mol. The summed E-state index contributed by atoms with van der Waals surface area (Å²) in [7, 11) is 1.58. The van der Waals surface area contributed by atoms with Crippen molar-refractivity contribution in [1.29, 1.82) is 0 Å². The molecule has 0 radical (unpaired) electrons. The predicted octanol–water partition coefficient (Wildman–Crippen LogP) is 2.47. The molecule has 2 nitrogen and oxygen atoms in total. The van der Waals surface area contributed by atoms with Crippen LogP contribution in [0.25, 0.3) is 0 Å². The molecular weight excluding hydrogens is 208 g/mol. The van der Waals surface area contributed by atoms with Gasteiger partial charge in [0.1, 0.15) is 11.5 Å². The lowest BCUT2D eigenvalue weighted by molar-refractivity contribution is 0.404. The SMILES string of the molecule is COc1cc(O)cc(Br)c1C. The van der Waals surface area contributed by atoms with Crippen LogP contribution in [0, 0.1) is 6.92 Å². The van der Waals surface area contributed by atoms with E-state index in [2.05, 4.69) is 15.9 Å². The van der Waals surface area contributed by atoms with Crippen LogP contribution in [0.5, 0.6) is 11.5 Å². The molecule has 0 heterocycles. The van der Waals surface area contributed by atoms with E-state index in [9.17, 15) is 0 Å². The van der Waals surface area contributed by atoms with Crippen LogP contribution in [-0.4, -0.2) is 12.2 Å². The van der Waals surface area contributed by atoms with Crippen molar-refractivity contribution < 1.29 is 9.84 Å². The lowest BCUT2D eigenvalue weighted by atomic mass is 10.2. The molecule has 0 amide bonds. The smallest absolute Gasteiger partial charge is 0.126 e. The average molecular weight is 217 g/mol. The minimum atomic E-state index is 0.208. The van der Waals surface area contributed by atoms with Gasteiger partial charge in [0.15, 0.2) is 0 Å². The van der Waals surface area contributed by atoms with Crippen molar-refractivity contribution in [3.8, 4) is 11.5 Å². The first-order valence-electron chi connectivity index (χ1n) is 3.18. The van der Waals surface area contributed by atoms with Gasteiger partial charge in [-0.15, -0.1) is 0 Å². The van der Waals surface area contributed by atoms with Gasteiger partial charge in [-0.2, -0.15) is 0 Å². The molecule has 0 atom stereocenters. The van der Waals surface area contributed by atoms with Crippen molar-refractivity contribution >= 4 is 15.9 Å². The van der Waals surface area contributed by atoms with Gasteiger partial charge in [0.2, 0.25) is 0 Å². The van der Waals surface area contributed by atoms with Crippen LogP contribution in [0.2, 0.25) is 0 Å². The lowest BCUT2D eigenvalue weighted by Gasteiger charge is -2.06. The summed E-state index contributed by atoms with van der Waals surface area (Å²) in [6.45, 7) is 1.92. The molecule has 60 valence electrons. The molecule has 0 fully saturated rings.